The van der Waals surface area contributed by atoms with E-state index in [4.69, 9.17) is 11.6 Å². The van der Waals surface area contributed by atoms with E-state index < -0.39 is 11.7 Å². The highest BCUT2D eigenvalue weighted by molar-refractivity contribution is 6.33. The summed E-state index contributed by atoms with van der Waals surface area (Å²) >= 11 is 5.93. The first kappa shape index (κ1) is 15.4. The zero-order chi connectivity index (χ0) is 16.6. The van der Waals surface area contributed by atoms with Crippen molar-refractivity contribution in [2.75, 3.05) is 5.32 Å². The molecular weight excluding hydrogens is 319 g/mol. The lowest BCUT2D eigenvalue weighted by Crippen LogP contribution is -2.16. The number of rotatable bonds is 3. The fourth-order valence-corrected chi connectivity index (χ4v) is 2.46. The van der Waals surface area contributed by atoms with Crippen LogP contribution in [0.1, 0.15) is 35.9 Å². The Morgan fingerprint density at radius 1 is 1.30 bits per heavy atom. The van der Waals surface area contributed by atoms with Crippen molar-refractivity contribution >= 4 is 28.8 Å². The highest BCUT2D eigenvalue weighted by atomic mass is 35.5. The first-order chi connectivity index (χ1) is 11.0. The molecular formula is C16H14ClFN4O. The van der Waals surface area contributed by atoms with Gasteiger partial charge in [0.05, 0.1) is 16.9 Å². The molecule has 0 saturated heterocycles. The third kappa shape index (κ3) is 3.03. The van der Waals surface area contributed by atoms with Crippen LogP contribution in [0.2, 0.25) is 5.02 Å². The van der Waals surface area contributed by atoms with Crippen LogP contribution in [0.25, 0.3) is 5.65 Å². The Labute approximate surface area is 137 Å². The molecule has 118 valence electrons. The average Bonchev–Trinajstić information content (AvgIpc) is 2.97. The molecule has 0 aliphatic carbocycles. The van der Waals surface area contributed by atoms with Crippen LogP contribution in [0, 0.1) is 5.82 Å². The lowest BCUT2D eigenvalue weighted by atomic mass is 10.1. The van der Waals surface area contributed by atoms with E-state index in [2.05, 4.69) is 15.4 Å². The minimum absolute atomic E-state index is 0.132. The molecule has 0 atom stereocenters. The number of anilines is 1. The first-order valence-electron chi connectivity index (χ1n) is 7.07. The molecule has 0 bridgehead atoms. The van der Waals surface area contributed by atoms with Crippen molar-refractivity contribution in [1.82, 2.24) is 14.6 Å². The van der Waals surface area contributed by atoms with Gasteiger partial charge in [0.25, 0.3) is 5.91 Å². The minimum Gasteiger partial charge on any atom is -0.319 e. The van der Waals surface area contributed by atoms with Gasteiger partial charge in [0.15, 0.2) is 5.65 Å². The normalized spacial score (nSPS) is 11.2. The Hall–Kier alpha value is -2.47. The molecule has 1 amide bonds. The van der Waals surface area contributed by atoms with Gasteiger partial charge >= 0.3 is 0 Å². The van der Waals surface area contributed by atoms with Gasteiger partial charge in [-0.1, -0.05) is 25.4 Å². The van der Waals surface area contributed by atoms with Crippen LogP contribution in [-0.4, -0.2) is 20.5 Å². The standard InChI is InChI=1S/C16H14ClFN4O/c1-9(2)14-8-13(20-15-5-6-19-22(14)15)16(23)21-12-4-3-10(18)7-11(12)17/h3-9H,1-2H3,(H,21,23). The van der Waals surface area contributed by atoms with E-state index in [1.165, 1.54) is 12.1 Å². The number of nitrogens with zero attached hydrogens (tertiary/aromatic N) is 3. The van der Waals surface area contributed by atoms with E-state index in [9.17, 15) is 9.18 Å². The Balaban J connectivity index is 1.97. The predicted molar refractivity (Wildman–Crippen MR) is 86.4 cm³/mol. The third-order valence-corrected chi connectivity index (χ3v) is 3.70. The van der Waals surface area contributed by atoms with Gasteiger partial charge in [-0.25, -0.2) is 13.9 Å². The number of aromatic nitrogens is 3. The quantitative estimate of drug-likeness (QED) is 0.791. The van der Waals surface area contributed by atoms with Crippen LogP contribution in [0.4, 0.5) is 10.1 Å². The van der Waals surface area contributed by atoms with Crippen molar-refractivity contribution in [2.24, 2.45) is 0 Å². The summed E-state index contributed by atoms with van der Waals surface area (Å²) in [5.74, 6) is -0.709. The van der Waals surface area contributed by atoms with Crippen LogP contribution in [0.5, 0.6) is 0 Å². The highest BCUT2D eigenvalue weighted by Crippen LogP contribution is 2.23. The number of benzene rings is 1. The van der Waals surface area contributed by atoms with E-state index in [0.717, 1.165) is 11.8 Å². The van der Waals surface area contributed by atoms with Crippen molar-refractivity contribution in [3.8, 4) is 0 Å². The number of carbonyl (C=O) groups excluding carboxylic acids is 1. The number of halogens is 2. The molecule has 0 aliphatic rings. The van der Waals surface area contributed by atoms with Gasteiger partial charge in [-0.05, 0) is 30.2 Å². The molecule has 23 heavy (non-hydrogen) atoms. The summed E-state index contributed by atoms with van der Waals surface area (Å²) in [7, 11) is 0. The smallest absolute Gasteiger partial charge is 0.274 e. The fourth-order valence-electron chi connectivity index (χ4n) is 2.24. The van der Waals surface area contributed by atoms with Crippen LogP contribution in [-0.2, 0) is 0 Å². The van der Waals surface area contributed by atoms with E-state index in [0.29, 0.717) is 11.3 Å². The zero-order valence-corrected chi connectivity index (χ0v) is 13.3. The largest absolute Gasteiger partial charge is 0.319 e. The molecule has 7 heteroatoms. The third-order valence-electron chi connectivity index (χ3n) is 3.39. The maximum atomic E-state index is 13.1. The molecule has 0 spiro atoms. The van der Waals surface area contributed by atoms with Gasteiger partial charge < -0.3 is 5.32 Å². The van der Waals surface area contributed by atoms with E-state index in [1.54, 1.807) is 22.8 Å². The van der Waals surface area contributed by atoms with Crippen molar-refractivity contribution in [3.05, 3.63) is 58.8 Å². The average molecular weight is 333 g/mol. The molecule has 3 rings (SSSR count). The molecule has 2 heterocycles. The second-order valence-electron chi connectivity index (χ2n) is 5.40. The zero-order valence-electron chi connectivity index (χ0n) is 12.5. The number of fused-ring (bicyclic) bond motifs is 1. The maximum Gasteiger partial charge on any atom is 0.274 e. The first-order valence-corrected chi connectivity index (χ1v) is 7.44. The van der Waals surface area contributed by atoms with Crippen molar-refractivity contribution < 1.29 is 9.18 Å². The molecule has 0 unspecified atom stereocenters. The lowest BCUT2D eigenvalue weighted by Gasteiger charge is -2.11. The highest BCUT2D eigenvalue weighted by Gasteiger charge is 2.16. The van der Waals surface area contributed by atoms with Gasteiger partial charge in [0, 0.05) is 11.8 Å². The fraction of sp³-hybridized carbons (Fsp3) is 0.188. The summed E-state index contributed by atoms with van der Waals surface area (Å²) in [6.07, 6.45) is 1.63. The van der Waals surface area contributed by atoms with Crippen LogP contribution in [0.15, 0.2) is 36.5 Å². The molecule has 2 aromatic heterocycles. The Morgan fingerprint density at radius 2 is 2.09 bits per heavy atom. The van der Waals surface area contributed by atoms with Crippen LogP contribution in [0.3, 0.4) is 0 Å². The second-order valence-corrected chi connectivity index (χ2v) is 5.81. The second kappa shape index (κ2) is 5.96. The minimum atomic E-state index is -0.464. The molecule has 0 fully saturated rings. The number of hydrogen-bond acceptors (Lipinski definition) is 3. The van der Waals surface area contributed by atoms with Crippen molar-refractivity contribution in [1.29, 1.82) is 0 Å². The lowest BCUT2D eigenvalue weighted by molar-refractivity contribution is 0.102. The number of amides is 1. The van der Waals surface area contributed by atoms with Gasteiger partial charge in [-0.15, -0.1) is 0 Å². The summed E-state index contributed by atoms with van der Waals surface area (Å²) in [6, 6.07) is 7.21. The van der Waals surface area contributed by atoms with Gasteiger partial charge in [-0.2, -0.15) is 5.10 Å². The number of carbonyl (C=O) groups is 1. The molecule has 3 aromatic rings. The Morgan fingerprint density at radius 3 is 2.78 bits per heavy atom. The van der Waals surface area contributed by atoms with Crippen LogP contribution >= 0.6 is 11.6 Å². The molecule has 1 N–H and O–H groups in total. The summed E-state index contributed by atoms with van der Waals surface area (Å²) in [6.45, 7) is 4.02. The predicted octanol–water partition coefficient (Wildman–Crippen LogP) is 3.90. The topological polar surface area (TPSA) is 59.3 Å². The Bertz CT molecular complexity index is 891. The van der Waals surface area contributed by atoms with Gasteiger partial charge in [0.2, 0.25) is 0 Å². The summed E-state index contributed by atoms with van der Waals surface area (Å²) in [5.41, 5.74) is 2.04. The molecule has 5 nitrogen and oxygen atoms in total. The molecule has 0 radical (unpaired) electrons. The number of nitrogens with one attached hydrogen (secondary N) is 1. The van der Waals surface area contributed by atoms with Crippen molar-refractivity contribution in [2.45, 2.75) is 19.8 Å². The number of hydrogen-bond donors (Lipinski definition) is 1. The maximum absolute atomic E-state index is 13.1. The van der Waals surface area contributed by atoms with Gasteiger partial charge in [0.1, 0.15) is 11.5 Å². The Kier molecular flexibility index (Phi) is 4.00. The summed E-state index contributed by atoms with van der Waals surface area (Å²) < 4.78 is 14.8. The molecule has 0 saturated carbocycles. The van der Waals surface area contributed by atoms with E-state index in [1.807, 2.05) is 13.8 Å². The summed E-state index contributed by atoms with van der Waals surface area (Å²) in [4.78, 5) is 16.7. The SMILES string of the molecule is CC(C)c1cc(C(=O)Nc2ccc(F)cc2Cl)nc2ccnn12. The van der Waals surface area contributed by atoms with Crippen LogP contribution < -0.4 is 5.32 Å². The van der Waals surface area contributed by atoms with Gasteiger partial charge in [-0.3, -0.25) is 4.79 Å². The summed E-state index contributed by atoms with van der Waals surface area (Å²) in [5, 5.41) is 6.99. The van der Waals surface area contributed by atoms with Crippen molar-refractivity contribution in [3.63, 3.8) is 0 Å². The van der Waals surface area contributed by atoms with E-state index >= 15 is 0 Å². The monoisotopic (exact) mass is 332 g/mol. The molecule has 0 aliphatic heterocycles. The molecule has 1 aromatic carbocycles. The van der Waals surface area contributed by atoms with E-state index in [-0.39, 0.29) is 16.6 Å².